The predicted molar refractivity (Wildman–Crippen MR) is 135 cm³/mol. The van der Waals surface area contributed by atoms with Crippen LogP contribution in [0.5, 0.6) is 0 Å². The van der Waals surface area contributed by atoms with Gasteiger partial charge >= 0.3 is 0 Å². The lowest BCUT2D eigenvalue weighted by Crippen LogP contribution is -2.32. The van der Waals surface area contributed by atoms with Crippen molar-refractivity contribution in [2.45, 2.75) is 96.6 Å². The molecule has 0 aliphatic heterocycles. The van der Waals surface area contributed by atoms with Crippen LogP contribution in [0.25, 0.3) is 0 Å². The second kappa shape index (κ2) is 14.4. The van der Waals surface area contributed by atoms with Crippen molar-refractivity contribution in [1.29, 1.82) is 0 Å². The smallest absolute Gasteiger partial charge is 0.153 e. The van der Waals surface area contributed by atoms with Crippen molar-refractivity contribution in [3.63, 3.8) is 0 Å². The topological polar surface area (TPSA) is 34.1 Å². The SMILES string of the molecule is CCCCCCCCC(=O)C(CCCCCC)P(=O)(c1ccccc1)c1ccccc1. The molecule has 0 aromatic heterocycles. The van der Waals surface area contributed by atoms with E-state index in [0.29, 0.717) is 6.42 Å². The molecule has 2 nitrogen and oxygen atoms in total. The summed E-state index contributed by atoms with van der Waals surface area (Å²) in [5.41, 5.74) is -0.412. The molecule has 1 atom stereocenters. The average Bonchev–Trinajstić information content (AvgIpc) is 2.82. The van der Waals surface area contributed by atoms with Gasteiger partial charge < -0.3 is 4.57 Å². The van der Waals surface area contributed by atoms with Gasteiger partial charge in [0, 0.05) is 17.0 Å². The minimum absolute atomic E-state index is 0.197. The first-order chi connectivity index (χ1) is 15.1. The Labute approximate surface area is 190 Å². The first kappa shape index (κ1) is 25.6. The van der Waals surface area contributed by atoms with Crippen LogP contribution in [0.1, 0.15) is 90.9 Å². The Balaban J connectivity index is 2.26. The van der Waals surface area contributed by atoms with Crippen molar-refractivity contribution in [2.75, 3.05) is 0 Å². The second-order valence-corrected chi connectivity index (χ2v) is 11.7. The third-order valence-electron chi connectivity index (χ3n) is 6.20. The minimum atomic E-state index is -3.05. The van der Waals surface area contributed by atoms with E-state index in [9.17, 15) is 9.36 Å². The Kier molecular flexibility index (Phi) is 11.9. The van der Waals surface area contributed by atoms with E-state index in [0.717, 1.165) is 49.1 Å². The zero-order valence-corrected chi connectivity index (χ0v) is 20.5. The van der Waals surface area contributed by atoms with Gasteiger partial charge in [-0.3, -0.25) is 4.79 Å². The quantitative estimate of drug-likeness (QED) is 0.198. The highest BCUT2D eigenvalue weighted by Crippen LogP contribution is 2.51. The van der Waals surface area contributed by atoms with Crippen LogP contribution >= 0.6 is 7.14 Å². The maximum atomic E-state index is 14.8. The van der Waals surface area contributed by atoms with Crippen molar-refractivity contribution in [3.8, 4) is 0 Å². The first-order valence-electron chi connectivity index (χ1n) is 12.4. The molecule has 0 aliphatic rings. The summed E-state index contributed by atoms with van der Waals surface area (Å²) in [5.74, 6) is 0.197. The molecule has 0 amide bonds. The highest BCUT2D eigenvalue weighted by molar-refractivity contribution is 7.80. The van der Waals surface area contributed by atoms with Gasteiger partial charge in [0.05, 0.1) is 5.66 Å². The molecule has 2 aromatic carbocycles. The molecule has 0 heterocycles. The fourth-order valence-electron chi connectivity index (χ4n) is 4.36. The molecule has 0 N–H and O–H groups in total. The molecule has 2 aromatic rings. The highest BCUT2D eigenvalue weighted by Gasteiger charge is 2.40. The lowest BCUT2D eigenvalue weighted by Gasteiger charge is -2.28. The van der Waals surface area contributed by atoms with Crippen molar-refractivity contribution in [2.24, 2.45) is 0 Å². The van der Waals surface area contributed by atoms with Crippen molar-refractivity contribution in [3.05, 3.63) is 60.7 Å². The normalized spacial score (nSPS) is 12.6. The van der Waals surface area contributed by atoms with E-state index in [-0.39, 0.29) is 5.78 Å². The molecular weight excluding hydrogens is 399 g/mol. The zero-order valence-electron chi connectivity index (χ0n) is 19.6. The summed E-state index contributed by atoms with van der Waals surface area (Å²) in [7, 11) is -3.05. The summed E-state index contributed by atoms with van der Waals surface area (Å²) < 4.78 is 14.8. The number of Topliss-reactive ketones (excluding diaryl/α,β-unsaturated/α-hetero) is 1. The van der Waals surface area contributed by atoms with Gasteiger partial charge in [0.2, 0.25) is 0 Å². The largest absolute Gasteiger partial charge is 0.313 e. The standard InChI is InChI=1S/C28H41O2P/c1-3-5-7-9-10-17-23-27(29)28(24-18-8-6-4-2)31(30,25-19-13-11-14-20-25)26-21-15-12-16-22-26/h11-16,19-22,28H,3-10,17-18,23-24H2,1-2H3. The number of rotatable bonds is 16. The number of carbonyl (C=O) groups excluding carboxylic acids is 1. The van der Waals surface area contributed by atoms with Crippen molar-refractivity contribution < 1.29 is 9.36 Å². The van der Waals surface area contributed by atoms with Crippen molar-refractivity contribution >= 4 is 23.5 Å². The van der Waals surface area contributed by atoms with Gasteiger partial charge in [0.15, 0.2) is 7.14 Å². The Hall–Kier alpha value is -1.66. The minimum Gasteiger partial charge on any atom is -0.313 e. The molecule has 0 radical (unpaired) electrons. The molecule has 170 valence electrons. The molecule has 1 unspecified atom stereocenters. The van der Waals surface area contributed by atoms with Crippen LogP contribution in [0.2, 0.25) is 0 Å². The van der Waals surface area contributed by atoms with Crippen LogP contribution in [-0.2, 0) is 9.36 Å². The van der Waals surface area contributed by atoms with Crippen LogP contribution < -0.4 is 10.6 Å². The molecule has 0 aliphatic carbocycles. The lowest BCUT2D eigenvalue weighted by molar-refractivity contribution is -0.119. The summed E-state index contributed by atoms with van der Waals surface area (Å²) >= 11 is 0. The summed E-state index contributed by atoms with van der Waals surface area (Å²) in [4.78, 5) is 13.5. The zero-order chi connectivity index (χ0) is 22.4. The number of hydrogen-bond donors (Lipinski definition) is 0. The van der Waals surface area contributed by atoms with Gasteiger partial charge in [-0.15, -0.1) is 0 Å². The number of hydrogen-bond acceptors (Lipinski definition) is 2. The molecule has 0 bridgehead atoms. The molecule has 0 saturated carbocycles. The van der Waals surface area contributed by atoms with Crippen LogP contribution in [0.15, 0.2) is 60.7 Å². The Morgan fingerprint density at radius 3 is 1.65 bits per heavy atom. The third-order valence-corrected chi connectivity index (χ3v) is 9.75. The van der Waals surface area contributed by atoms with Crippen LogP contribution in [0.4, 0.5) is 0 Å². The molecule has 3 heteroatoms. The van der Waals surface area contributed by atoms with Gasteiger partial charge in [-0.1, -0.05) is 132 Å². The fourth-order valence-corrected chi connectivity index (χ4v) is 7.69. The number of carbonyl (C=O) groups is 1. The summed E-state index contributed by atoms with van der Waals surface area (Å²) in [6, 6.07) is 19.5. The van der Waals surface area contributed by atoms with E-state index in [2.05, 4.69) is 13.8 Å². The Bertz CT molecular complexity index is 742. The van der Waals surface area contributed by atoms with Gasteiger partial charge in [-0.05, 0) is 12.8 Å². The monoisotopic (exact) mass is 440 g/mol. The average molecular weight is 441 g/mol. The van der Waals surface area contributed by atoms with Gasteiger partial charge in [-0.2, -0.15) is 0 Å². The van der Waals surface area contributed by atoms with E-state index in [1.807, 2.05) is 60.7 Å². The maximum Gasteiger partial charge on any atom is 0.153 e. The number of benzene rings is 2. The van der Waals surface area contributed by atoms with Crippen LogP contribution in [-0.4, -0.2) is 11.4 Å². The Morgan fingerprint density at radius 1 is 0.677 bits per heavy atom. The van der Waals surface area contributed by atoms with Crippen molar-refractivity contribution in [1.82, 2.24) is 0 Å². The molecular formula is C28H41O2P. The van der Waals surface area contributed by atoms with E-state index in [1.165, 1.54) is 32.1 Å². The summed E-state index contributed by atoms with van der Waals surface area (Å²) in [5, 5.41) is 1.64. The molecule has 0 spiro atoms. The Morgan fingerprint density at radius 2 is 1.13 bits per heavy atom. The van der Waals surface area contributed by atoms with E-state index >= 15 is 0 Å². The van der Waals surface area contributed by atoms with E-state index < -0.39 is 12.8 Å². The number of ketones is 1. The summed E-state index contributed by atoms with van der Waals surface area (Å²) in [6.07, 6.45) is 12.6. The predicted octanol–water partition coefficient (Wildman–Crippen LogP) is 7.66. The first-order valence-corrected chi connectivity index (χ1v) is 14.2. The molecule has 31 heavy (non-hydrogen) atoms. The van der Waals surface area contributed by atoms with E-state index in [4.69, 9.17) is 0 Å². The van der Waals surface area contributed by atoms with Gasteiger partial charge in [0.1, 0.15) is 5.78 Å². The molecule has 0 saturated heterocycles. The van der Waals surface area contributed by atoms with Gasteiger partial charge in [-0.25, -0.2) is 0 Å². The lowest BCUT2D eigenvalue weighted by atomic mass is 10.0. The van der Waals surface area contributed by atoms with Gasteiger partial charge in [0.25, 0.3) is 0 Å². The van der Waals surface area contributed by atoms with E-state index in [1.54, 1.807) is 0 Å². The second-order valence-electron chi connectivity index (χ2n) is 8.68. The van der Waals surface area contributed by atoms with Crippen LogP contribution in [0, 0.1) is 0 Å². The number of unbranched alkanes of at least 4 members (excludes halogenated alkanes) is 8. The molecule has 0 fully saturated rings. The van der Waals surface area contributed by atoms with Crippen LogP contribution in [0.3, 0.4) is 0 Å². The molecule has 2 rings (SSSR count). The maximum absolute atomic E-state index is 14.8. The fraction of sp³-hybridized carbons (Fsp3) is 0.536. The summed E-state index contributed by atoms with van der Waals surface area (Å²) in [6.45, 7) is 4.41. The third kappa shape index (κ3) is 7.76. The highest BCUT2D eigenvalue weighted by atomic mass is 31.2.